The van der Waals surface area contributed by atoms with E-state index in [1.54, 1.807) is 24.4 Å². The van der Waals surface area contributed by atoms with E-state index >= 15 is 0 Å². The molecule has 0 saturated carbocycles. The molecule has 1 aromatic heterocycles. The van der Waals surface area contributed by atoms with Gasteiger partial charge >= 0.3 is 0 Å². The number of pyridine rings is 1. The Hall–Kier alpha value is -1.85. The van der Waals surface area contributed by atoms with Gasteiger partial charge in [0.25, 0.3) is 5.91 Å². The van der Waals surface area contributed by atoms with E-state index in [9.17, 15) is 9.59 Å². The Morgan fingerprint density at radius 3 is 2.62 bits per heavy atom. The highest BCUT2D eigenvalue weighted by Crippen LogP contribution is 2.18. The van der Waals surface area contributed by atoms with Crippen molar-refractivity contribution in [3.05, 3.63) is 45.2 Å². The van der Waals surface area contributed by atoms with Gasteiger partial charge in [-0.05, 0) is 37.7 Å². The topological polar surface area (TPSA) is 54.3 Å². The molecule has 5 nitrogen and oxygen atoms in total. The first-order valence-corrected chi connectivity index (χ1v) is 9.72. The summed E-state index contributed by atoms with van der Waals surface area (Å²) < 4.78 is 1.96. The van der Waals surface area contributed by atoms with Crippen LogP contribution in [0.2, 0.25) is 5.02 Å². The molecular weight excluding hydrogens is 350 g/mol. The van der Waals surface area contributed by atoms with Gasteiger partial charge in [-0.25, -0.2) is 0 Å². The summed E-state index contributed by atoms with van der Waals surface area (Å²) >= 11 is 6.11. The number of fused-ring (bicyclic) bond motifs is 1. The summed E-state index contributed by atoms with van der Waals surface area (Å²) in [7, 11) is 0. The Morgan fingerprint density at radius 2 is 1.96 bits per heavy atom. The van der Waals surface area contributed by atoms with Crippen LogP contribution in [0.15, 0.2) is 29.2 Å². The Balaban J connectivity index is 2.31. The summed E-state index contributed by atoms with van der Waals surface area (Å²) in [6.07, 6.45) is 3.66. The molecule has 2 aromatic rings. The maximum atomic E-state index is 12.8. The number of aromatic nitrogens is 1. The Labute approximate surface area is 159 Å². The third-order valence-corrected chi connectivity index (χ3v) is 4.88. The van der Waals surface area contributed by atoms with Crippen LogP contribution in [0.1, 0.15) is 44.0 Å². The number of nitrogens with one attached hydrogen (secondary N) is 1. The van der Waals surface area contributed by atoms with E-state index in [0.717, 1.165) is 44.5 Å². The molecule has 0 saturated heterocycles. The zero-order chi connectivity index (χ0) is 19.1. The van der Waals surface area contributed by atoms with Gasteiger partial charge in [-0.3, -0.25) is 9.59 Å². The van der Waals surface area contributed by atoms with Crippen LogP contribution in [0.3, 0.4) is 0 Å². The van der Waals surface area contributed by atoms with Gasteiger partial charge in [0.2, 0.25) is 5.43 Å². The van der Waals surface area contributed by atoms with Crippen molar-refractivity contribution in [1.82, 2.24) is 14.8 Å². The van der Waals surface area contributed by atoms with Crippen molar-refractivity contribution in [2.24, 2.45) is 0 Å². The molecule has 0 bridgehead atoms. The molecule has 0 aliphatic heterocycles. The highest BCUT2D eigenvalue weighted by Gasteiger charge is 2.15. The second-order valence-corrected chi connectivity index (χ2v) is 6.80. The SMILES string of the molecule is CCCCn1cc(C(=O)NCCN(CC)CC)c(=O)c2ccc(Cl)cc21. The first kappa shape index (κ1) is 20.5. The maximum absolute atomic E-state index is 12.8. The highest BCUT2D eigenvalue weighted by atomic mass is 35.5. The minimum Gasteiger partial charge on any atom is -0.351 e. The predicted octanol–water partition coefficient (Wildman–Crippen LogP) is 3.53. The number of carbonyl (C=O) groups is 1. The number of rotatable bonds is 9. The second kappa shape index (κ2) is 9.74. The van der Waals surface area contributed by atoms with Crippen molar-refractivity contribution in [1.29, 1.82) is 0 Å². The molecule has 0 spiro atoms. The minimum atomic E-state index is -0.316. The van der Waals surface area contributed by atoms with Crippen molar-refractivity contribution in [2.75, 3.05) is 26.2 Å². The summed E-state index contributed by atoms with van der Waals surface area (Å²) in [5, 5.41) is 3.99. The molecule has 0 aliphatic carbocycles. The lowest BCUT2D eigenvalue weighted by Gasteiger charge is -2.18. The Bertz CT molecular complexity index is 813. The predicted molar refractivity (Wildman–Crippen MR) is 108 cm³/mol. The average molecular weight is 378 g/mol. The van der Waals surface area contributed by atoms with E-state index < -0.39 is 0 Å². The minimum absolute atomic E-state index is 0.190. The number of aryl methyl sites for hydroxylation is 1. The molecule has 0 aliphatic rings. The van der Waals surface area contributed by atoms with Gasteiger partial charge in [0, 0.05) is 36.2 Å². The van der Waals surface area contributed by atoms with Crippen LogP contribution >= 0.6 is 11.6 Å². The zero-order valence-corrected chi connectivity index (χ0v) is 16.6. The first-order valence-electron chi connectivity index (χ1n) is 9.35. The molecule has 0 radical (unpaired) electrons. The molecule has 2 rings (SSSR count). The third-order valence-electron chi connectivity index (χ3n) is 4.65. The number of carbonyl (C=O) groups excluding carboxylic acids is 1. The van der Waals surface area contributed by atoms with Crippen LogP contribution in [0.5, 0.6) is 0 Å². The highest BCUT2D eigenvalue weighted by molar-refractivity contribution is 6.31. The number of hydrogen-bond acceptors (Lipinski definition) is 3. The molecule has 1 heterocycles. The van der Waals surface area contributed by atoms with Crippen LogP contribution in [-0.2, 0) is 6.54 Å². The van der Waals surface area contributed by atoms with Crippen LogP contribution in [-0.4, -0.2) is 41.6 Å². The van der Waals surface area contributed by atoms with Gasteiger partial charge in [-0.1, -0.05) is 38.8 Å². The van der Waals surface area contributed by atoms with Gasteiger partial charge in [-0.2, -0.15) is 0 Å². The summed E-state index contributed by atoms with van der Waals surface area (Å²) in [5.74, 6) is -0.316. The summed E-state index contributed by atoms with van der Waals surface area (Å²) in [4.78, 5) is 27.6. The Morgan fingerprint density at radius 1 is 1.23 bits per heavy atom. The fourth-order valence-corrected chi connectivity index (χ4v) is 3.17. The molecule has 26 heavy (non-hydrogen) atoms. The average Bonchev–Trinajstić information content (AvgIpc) is 2.64. The number of halogens is 1. The number of likely N-dealkylation sites (N-methyl/N-ethyl adjacent to an activating group) is 1. The fourth-order valence-electron chi connectivity index (χ4n) is 3.00. The molecule has 0 fully saturated rings. The van der Waals surface area contributed by atoms with E-state index in [0.29, 0.717) is 17.0 Å². The second-order valence-electron chi connectivity index (χ2n) is 6.36. The maximum Gasteiger partial charge on any atom is 0.256 e. The molecule has 0 atom stereocenters. The van der Waals surface area contributed by atoms with E-state index in [1.807, 2.05) is 4.57 Å². The van der Waals surface area contributed by atoms with Crippen molar-refractivity contribution in [3.63, 3.8) is 0 Å². The summed E-state index contributed by atoms with van der Waals surface area (Å²) in [5.41, 5.74) is 0.718. The normalized spacial score (nSPS) is 11.3. The lowest BCUT2D eigenvalue weighted by atomic mass is 10.1. The van der Waals surface area contributed by atoms with Gasteiger partial charge in [0.05, 0.1) is 5.52 Å². The molecule has 1 amide bonds. The summed E-state index contributed by atoms with van der Waals surface area (Å²) in [6.45, 7) is 10.2. The van der Waals surface area contributed by atoms with Crippen LogP contribution in [0.4, 0.5) is 0 Å². The van der Waals surface area contributed by atoms with Crippen LogP contribution in [0.25, 0.3) is 10.9 Å². The lowest BCUT2D eigenvalue weighted by molar-refractivity contribution is 0.0947. The van der Waals surface area contributed by atoms with Gasteiger partial charge < -0.3 is 14.8 Å². The molecule has 6 heteroatoms. The van der Waals surface area contributed by atoms with E-state index in [4.69, 9.17) is 11.6 Å². The van der Waals surface area contributed by atoms with Gasteiger partial charge in [0.15, 0.2) is 0 Å². The molecular formula is C20H28ClN3O2. The van der Waals surface area contributed by atoms with E-state index in [-0.39, 0.29) is 16.9 Å². The zero-order valence-electron chi connectivity index (χ0n) is 15.8. The number of hydrogen-bond donors (Lipinski definition) is 1. The molecule has 1 aromatic carbocycles. The quantitative estimate of drug-likeness (QED) is 0.727. The van der Waals surface area contributed by atoms with Crippen molar-refractivity contribution in [3.8, 4) is 0 Å². The number of nitrogens with zero attached hydrogens (tertiary/aromatic N) is 2. The number of unbranched alkanes of at least 4 members (excludes halogenated alkanes) is 1. The summed E-state index contributed by atoms with van der Waals surface area (Å²) in [6, 6.07) is 5.18. The van der Waals surface area contributed by atoms with E-state index in [2.05, 4.69) is 31.0 Å². The van der Waals surface area contributed by atoms with Gasteiger partial charge in [0.1, 0.15) is 5.56 Å². The number of benzene rings is 1. The largest absolute Gasteiger partial charge is 0.351 e. The first-order chi connectivity index (χ1) is 12.5. The third kappa shape index (κ3) is 4.86. The van der Waals surface area contributed by atoms with E-state index in [1.165, 1.54) is 0 Å². The Kier molecular flexibility index (Phi) is 7.66. The van der Waals surface area contributed by atoms with Crippen molar-refractivity contribution in [2.45, 2.75) is 40.2 Å². The lowest BCUT2D eigenvalue weighted by Crippen LogP contribution is -2.36. The van der Waals surface area contributed by atoms with Crippen LogP contribution in [0, 0.1) is 0 Å². The molecule has 0 unspecified atom stereocenters. The number of amides is 1. The molecule has 142 valence electrons. The van der Waals surface area contributed by atoms with Crippen molar-refractivity contribution < 1.29 is 4.79 Å². The monoisotopic (exact) mass is 377 g/mol. The van der Waals surface area contributed by atoms with Crippen LogP contribution < -0.4 is 10.7 Å². The fraction of sp³-hybridized carbons (Fsp3) is 0.500. The molecule has 1 N–H and O–H groups in total. The van der Waals surface area contributed by atoms with Gasteiger partial charge in [-0.15, -0.1) is 0 Å². The smallest absolute Gasteiger partial charge is 0.256 e. The van der Waals surface area contributed by atoms with Crippen molar-refractivity contribution >= 4 is 28.4 Å². The standard InChI is InChI=1S/C20H28ClN3O2/c1-4-7-11-24-14-17(20(26)22-10-12-23(5-2)6-3)19(25)16-9-8-15(21)13-18(16)24/h8-9,13-14H,4-7,10-12H2,1-3H3,(H,22,26).